The molecule has 0 radical (unpaired) electrons. The Labute approximate surface area is 106 Å². The molecule has 0 atom stereocenters. The van der Waals surface area contributed by atoms with Gasteiger partial charge in [0, 0.05) is 27.7 Å². The number of benzene rings is 1. The summed E-state index contributed by atoms with van der Waals surface area (Å²) in [6, 6.07) is 4.17. The topological polar surface area (TPSA) is 41.8 Å². The highest BCUT2D eigenvalue weighted by atomic mass is 35.5. The number of aromatic nitrogens is 1. The molecule has 0 bridgehead atoms. The molecule has 2 nitrogen and oxygen atoms in total. The second-order valence-corrected chi connectivity index (χ2v) is 5.73. The summed E-state index contributed by atoms with van der Waals surface area (Å²) in [5.74, 6) is 0. The lowest BCUT2D eigenvalue weighted by Gasteiger charge is -2.07. The Balaban J connectivity index is 1.91. The van der Waals surface area contributed by atoms with Crippen molar-refractivity contribution in [3.63, 3.8) is 0 Å². The molecular formula is C14H17ClN2. The van der Waals surface area contributed by atoms with E-state index in [0.29, 0.717) is 0 Å². The van der Waals surface area contributed by atoms with Crippen LogP contribution < -0.4 is 5.73 Å². The molecule has 3 rings (SSSR count). The minimum absolute atomic E-state index is 0.130. The molecule has 1 aromatic heterocycles. The highest BCUT2D eigenvalue weighted by molar-refractivity contribution is 6.32. The van der Waals surface area contributed by atoms with E-state index < -0.39 is 0 Å². The van der Waals surface area contributed by atoms with Crippen molar-refractivity contribution >= 4 is 22.5 Å². The molecule has 1 heterocycles. The number of aromatic amines is 1. The first-order chi connectivity index (χ1) is 8.07. The van der Waals surface area contributed by atoms with Gasteiger partial charge < -0.3 is 10.7 Å². The van der Waals surface area contributed by atoms with Crippen LogP contribution in [0.5, 0.6) is 0 Å². The van der Waals surface area contributed by atoms with Crippen LogP contribution in [0.25, 0.3) is 10.9 Å². The first kappa shape index (κ1) is 11.1. The van der Waals surface area contributed by atoms with Gasteiger partial charge >= 0.3 is 0 Å². The van der Waals surface area contributed by atoms with E-state index in [-0.39, 0.29) is 5.54 Å². The predicted octanol–water partition coefficient (Wildman–Crippen LogP) is 3.55. The SMILES string of the molecule is Cc1cc2c(CCC3(N)CC3)c[nH]c2cc1Cl. The van der Waals surface area contributed by atoms with Crippen LogP contribution in [-0.4, -0.2) is 10.5 Å². The predicted molar refractivity (Wildman–Crippen MR) is 72.5 cm³/mol. The maximum absolute atomic E-state index is 6.13. The van der Waals surface area contributed by atoms with E-state index in [1.165, 1.54) is 23.8 Å². The first-order valence-corrected chi connectivity index (χ1v) is 6.50. The standard InChI is InChI=1S/C14H17ClN2/c1-9-6-11-10(2-3-14(16)4-5-14)8-17-13(11)7-12(9)15/h6-8,17H,2-5,16H2,1H3. The second-order valence-electron chi connectivity index (χ2n) is 5.32. The van der Waals surface area contributed by atoms with Gasteiger partial charge in [0.1, 0.15) is 0 Å². The van der Waals surface area contributed by atoms with E-state index in [4.69, 9.17) is 17.3 Å². The normalized spacial score (nSPS) is 17.6. The van der Waals surface area contributed by atoms with E-state index in [0.717, 1.165) is 28.9 Å². The van der Waals surface area contributed by atoms with Gasteiger partial charge in [-0.05, 0) is 55.9 Å². The molecule has 1 aliphatic rings. The van der Waals surface area contributed by atoms with Crippen molar-refractivity contribution < 1.29 is 0 Å². The first-order valence-electron chi connectivity index (χ1n) is 6.12. The summed E-state index contributed by atoms with van der Waals surface area (Å²) in [6.45, 7) is 2.05. The Bertz CT molecular complexity index is 567. The van der Waals surface area contributed by atoms with Gasteiger partial charge in [-0.3, -0.25) is 0 Å². The van der Waals surface area contributed by atoms with Gasteiger partial charge in [0.2, 0.25) is 0 Å². The van der Waals surface area contributed by atoms with Gasteiger partial charge in [0.15, 0.2) is 0 Å². The van der Waals surface area contributed by atoms with Crippen LogP contribution in [-0.2, 0) is 6.42 Å². The van der Waals surface area contributed by atoms with Crippen molar-refractivity contribution in [3.8, 4) is 0 Å². The maximum Gasteiger partial charge on any atom is 0.0471 e. The summed E-state index contributed by atoms with van der Waals surface area (Å²) in [4.78, 5) is 3.29. The smallest absolute Gasteiger partial charge is 0.0471 e. The zero-order valence-electron chi connectivity index (χ0n) is 10.0. The third-order valence-corrected chi connectivity index (χ3v) is 4.24. The van der Waals surface area contributed by atoms with E-state index >= 15 is 0 Å². The fourth-order valence-electron chi connectivity index (χ4n) is 2.31. The highest BCUT2D eigenvalue weighted by Crippen LogP contribution is 2.37. The molecule has 0 amide bonds. The van der Waals surface area contributed by atoms with Crippen LogP contribution in [0.1, 0.15) is 30.4 Å². The van der Waals surface area contributed by atoms with Crippen LogP contribution >= 0.6 is 11.6 Å². The minimum atomic E-state index is 0.130. The minimum Gasteiger partial charge on any atom is -0.361 e. The number of H-pyrrole nitrogens is 1. The Hall–Kier alpha value is -0.990. The largest absolute Gasteiger partial charge is 0.361 e. The summed E-state index contributed by atoms with van der Waals surface area (Å²) in [5.41, 5.74) is 9.87. The van der Waals surface area contributed by atoms with Crippen LogP contribution in [0.15, 0.2) is 18.3 Å². The van der Waals surface area contributed by atoms with Crippen LogP contribution in [0, 0.1) is 6.92 Å². The van der Waals surface area contributed by atoms with E-state index in [1.54, 1.807) is 0 Å². The van der Waals surface area contributed by atoms with Crippen LogP contribution in [0.3, 0.4) is 0 Å². The third-order valence-electron chi connectivity index (χ3n) is 3.83. The summed E-state index contributed by atoms with van der Waals surface area (Å²) < 4.78 is 0. The van der Waals surface area contributed by atoms with Gasteiger partial charge in [-0.15, -0.1) is 0 Å². The number of hydrogen-bond acceptors (Lipinski definition) is 1. The van der Waals surface area contributed by atoms with Gasteiger partial charge in [-0.1, -0.05) is 11.6 Å². The van der Waals surface area contributed by atoms with Crippen molar-refractivity contribution in [1.82, 2.24) is 4.98 Å². The fourth-order valence-corrected chi connectivity index (χ4v) is 2.47. The number of halogens is 1. The Morgan fingerprint density at radius 1 is 1.41 bits per heavy atom. The monoisotopic (exact) mass is 248 g/mol. The lowest BCUT2D eigenvalue weighted by molar-refractivity contribution is 0.610. The summed E-state index contributed by atoms with van der Waals surface area (Å²) in [6.07, 6.45) is 6.59. The van der Waals surface area contributed by atoms with Crippen LogP contribution in [0.2, 0.25) is 5.02 Å². The molecule has 1 aliphatic carbocycles. The lowest BCUT2D eigenvalue weighted by atomic mass is 10.0. The van der Waals surface area contributed by atoms with Gasteiger partial charge in [-0.2, -0.15) is 0 Å². The van der Waals surface area contributed by atoms with Gasteiger partial charge in [0.25, 0.3) is 0 Å². The molecular weight excluding hydrogens is 232 g/mol. The van der Waals surface area contributed by atoms with Crippen molar-refractivity contribution in [2.24, 2.45) is 5.73 Å². The fraction of sp³-hybridized carbons (Fsp3) is 0.429. The summed E-state index contributed by atoms with van der Waals surface area (Å²) >= 11 is 6.12. The summed E-state index contributed by atoms with van der Waals surface area (Å²) in [7, 11) is 0. The lowest BCUT2D eigenvalue weighted by Crippen LogP contribution is -2.21. The zero-order valence-corrected chi connectivity index (χ0v) is 10.8. The second kappa shape index (κ2) is 3.76. The van der Waals surface area contributed by atoms with Crippen molar-refractivity contribution in [2.45, 2.75) is 38.1 Å². The molecule has 0 aliphatic heterocycles. The number of aryl methyl sites for hydroxylation is 2. The molecule has 0 unspecified atom stereocenters. The Morgan fingerprint density at radius 2 is 2.18 bits per heavy atom. The molecule has 90 valence electrons. The van der Waals surface area contributed by atoms with Crippen molar-refractivity contribution in [1.29, 1.82) is 0 Å². The highest BCUT2D eigenvalue weighted by Gasteiger charge is 2.37. The van der Waals surface area contributed by atoms with Crippen molar-refractivity contribution in [3.05, 3.63) is 34.5 Å². The third kappa shape index (κ3) is 2.07. The van der Waals surface area contributed by atoms with E-state index in [9.17, 15) is 0 Å². The molecule has 1 aromatic carbocycles. The maximum atomic E-state index is 6.13. The van der Waals surface area contributed by atoms with Crippen LogP contribution in [0.4, 0.5) is 0 Å². The van der Waals surface area contributed by atoms with E-state index in [2.05, 4.69) is 17.2 Å². The summed E-state index contributed by atoms with van der Waals surface area (Å²) in [5, 5.41) is 2.11. The molecule has 0 spiro atoms. The van der Waals surface area contributed by atoms with Crippen molar-refractivity contribution in [2.75, 3.05) is 0 Å². The average Bonchev–Trinajstić information content (AvgIpc) is 2.90. The molecule has 17 heavy (non-hydrogen) atoms. The van der Waals surface area contributed by atoms with Gasteiger partial charge in [0.05, 0.1) is 0 Å². The number of fused-ring (bicyclic) bond motifs is 1. The molecule has 0 saturated heterocycles. The Morgan fingerprint density at radius 3 is 2.88 bits per heavy atom. The Kier molecular flexibility index (Phi) is 2.46. The molecule has 3 N–H and O–H groups in total. The van der Waals surface area contributed by atoms with Gasteiger partial charge in [-0.25, -0.2) is 0 Å². The average molecular weight is 249 g/mol. The van der Waals surface area contributed by atoms with E-state index in [1.807, 2.05) is 13.0 Å². The molecule has 3 heteroatoms. The number of nitrogens with two attached hydrogens (primary N) is 1. The number of hydrogen-bond donors (Lipinski definition) is 2. The quantitative estimate of drug-likeness (QED) is 0.857. The zero-order chi connectivity index (χ0) is 12.0. The molecule has 1 fully saturated rings. The number of nitrogens with one attached hydrogen (secondary N) is 1. The molecule has 1 saturated carbocycles. The number of rotatable bonds is 3. The molecule has 2 aromatic rings.